The molecule has 15 heavy (non-hydrogen) atoms. The Labute approximate surface area is 89.9 Å². The molecule has 0 aromatic heterocycles. The van der Waals surface area contributed by atoms with Gasteiger partial charge in [0.15, 0.2) is 0 Å². The second-order valence-electron chi connectivity index (χ2n) is 3.36. The number of hydrogen-bond acceptors (Lipinski definition) is 3. The molecule has 0 amide bonds. The van der Waals surface area contributed by atoms with Gasteiger partial charge in [-0.3, -0.25) is 0 Å². The highest BCUT2D eigenvalue weighted by Gasteiger charge is 2.00. The van der Waals surface area contributed by atoms with Gasteiger partial charge in [-0.25, -0.2) is 0 Å². The summed E-state index contributed by atoms with van der Waals surface area (Å²) in [5.41, 5.74) is 0.874. The summed E-state index contributed by atoms with van der Waals surface area (Å²) in [5.74, 6) is 0.775. The first kappa shape index (κ1) is 11.5. The van der Waals surface area contributed by atoms with Crippen LogP contribution < -0.4 is 4.74 Å². The van der Waals surface area contributed by atoms with Crippen molar-refractivity contribution in [2.45, 2.75) is 25.9 Å². The predicted molar refractivity (Wildman–Crippen MR) is 57.4 cm³/mol. The topological polar surface area (TPSA) is 53.2 Å². The fraction of sp³-hybridized carbons (Fsp3) is 0.417. The molecule has 0 saturated carbocycles. The van der Waals surface area contributed by atoms with E-state index in [1.54, 1.807) is 6.92 Å². The van der Waals surface area contributed by atoms with Crippen molar-refractivity contribution >= 4 is 0 Å². The van der Waals surface area contributed by atoms with E-state index < -0.39 is 6.10 Å². The smallest absolute Gasteiger partial charge is 0.119 e. The number of ether oxygens (including phenoxy) is 1. The minimum absolute atomic E-state index is 0.447. The Bertz CT molecular complexity index is 324. The first-order valence-electron chi connectivity index (χ1n) is 5.02. The Kier molecular flexibility index (Phi) is 4.65. The normalized spacial score (nSPS) is 11.8. The molecular formula is C12H15NO2. The molecule has 0 unspecified atom stereocenters. The largest absolute Gasteiger partial charge is 0.494 e. The molecule has 0 aliphatic rings. The number of benzene rings is 1. The van der Waals surface area contributed by atoms with E-state index in [0.29, 0.717) is 13.0 Å². The van der Waals surface area contributed by atoms with Crippen LogP contribution in [-0.2, 0) is 0 Å². The van der Waals surface area contributed by atoms with Gasteiger partial charge in [0.05, 0.1) is 18.8 Å². The van der Waals surface area contributed by atoms with Gasteiger partial charge in [-0.15, -0.1) is 0 Å². The molecule has 1 rings (SSSR count). The molecule has 1 N–H and O–H groups in total. The summed E-state index contributed by atoms with van der Waals surface area (Å²) in [4.78, 5) is 0. The van der Waals surface area contributed by atoms with Crippen LogP contribution in [0.15, 0.2) is 24.3 Å². The zero-order valence-electron chi connectivity index (χ0n) is 8.81. The number of hydrogen-bond donors (Lipinski definition) is 1. The van der Waals surface area contributed by atoms with E-state index in [1.165, 1.54) is 0 Å². The lowest BCUT2D eigenvalue weighted by Gasteiger charge is -2.07. The Hall–Kier alpha value is -1.53. The summed E-state index contributed by atoms with van der Waals surface area (Å²) in [5, 5.41) is 17.6. The van der Waals surface area contributed by atoms with Gasteiger partial charge in [0.25, 0.3) is 0 Å². The van der Waals surface area contributed by atoms with Gasteiger partial charge in [-0.1, -0.05) is 12.1 Å². The van der Waals surface area contributed by atoms with E-state index in [2.05, 4.69) is 6.07 Å². The minimum Gasteiger partial charge on any atom is -0.494 e. The summed E-state index contributed by atoms with van der Waals surface area (Å²) >= 11 is 0. The molecule has 1 aromatic rings. The Morgan fingerprint density at radius 1 is 1.40 bits per heavy atom. The van der Waals surface area contributed by atoms with Crippen molar-refractivity contribution in [1.82, 2.24) is 0 Å². The fourth-order valence-corrected chi connectivity index (χ4v) is 1.18. The Balaban J connectivity index is 2.40. The van der Waals surface area contributed by atoms with E-state index in [0.717, 1.165) is 17.7 Å². The highest BCUT2D eigenvalue weighted by Crippen LogP contribution is 2.17. The number of nitriles is 1. The van der Waals surface area contributed by atoms with Gasteiger partial charge in [0.2, 0.25) is 0 Å². The predicted octanol–water partition coefficient (Wildman–Crippen LogP) is 2.42. The third-order valence-electron chi connectivity index (χ3n) is 2.06. The number of aliphatic hydroxyl groups excluding tert-OH is 1. The summed E-state index contributed by atoms with van der Waals surface area (Å²) in [6, 6.07) is 9.40. The van der Waals surface area contributed by atoms with Crippen molar-refractivity contribution in [3.05, 3.63) is 29.8 Å². The third kappa shape index (κ3) is 4.01. The maximum absolute atomic E-state index is 9.28. The molecule has 0 aliphatic heterocycles. The first-order valence-corrected chi connectivity index (χ1v) is 5.02. The van der Waals surface area contributed by atoms with E-state index in [9.17, 15) is 5.11 Å². The van der Waals surface area contributed by atoms with E-state index in [1.807, 2.05) is 24.3 Å². The second kappa shape index (κ2) is 6.05. The molecule has 3 nitrogen and oxygen atoms in total. The van der Waals surface area contributed by atoms with Gasteiger partial charge in [0.1, 0.15) is 5.75 Å². The standard InChI is InChI=1S/C12H15NO2/c1-10(14)11-4-6-12(7-5-11)15-9-3-2-8-13/h4-7,10,14H,2-3,9H2,1H3/t10-/m1/s1. The molecule has 1 aromatic carbocycles. The molecule has 0 fully saturated rings. The molecule has 0 heterocycles. The fourth-order valence-electron chi connectivity index (χ4n) is 1.18. The average Bonchev–Trinajstić information content (AvgIpc) is 2.25. The maximum Gasteiger partial charge on any atom is 0.119 e. The molecule has 1 atom stereocenters. The summed E-state index contributed by atoms with van der Waals surface area (Å²) in [6.07, 6.45) is 0.818. The van der Waals surface area contributed by atoms with Crippen LogP contribution in [0.4, 0.5) is 0 Å². The van der Waals surface area contributed by atoms with Crippen molar-refractivity contribution in [3.8, 4) is 11.8 Å². The van der Waals surface area contributed by atoms with Gasteiger partial charge >= 0.3 is 0 Å². The van der Waals surface area contributed by atoms with E-state index >= 15 is 0 Å². The summed E-state index contributed by atoms with van der Waals surface area (Å²) in [7, 11) is 0. The van der Waals surface area contributed by atoms with Crippen LogP contribution in [0.3, 0.4) is 0 Å². The van der Waals surface area contributed by atoms with Gasteiger partial charge in [0, 0.05) is 6.42 Å². The molecular weight excluding hydrogens is 190 g/mol. The Morgan fingerprint density at radius 2 is 2.07 bits per heavy atom. The zero-order valence-corrected chi connectivity index (χ0v) is 8.81. The molecule has 0 radical (unpaired) electrons. The molecule has 0 spiro atoms. The minimum atomic E-state index is -0.447. The zero-order chi connectivity index (χ0) is 11.1. The highest BCUT2D eigenvalue weighted by molar-refractivity contribution is 5.28. The first-order chi connectivity index (χ1) is 7.24. The SMILES string of the molecule is C[C@@H](O)c1ccc(OCCCC#N)cc1. The lowest BCUT2D eigenvalue weighted by molar-refractivity contribution is 0.199. The van der Waals surface area contributed by atoms with Crippen LogP contribution in [0.25, 0.3) is 0 Å². The lowest BCUT2D eigenvalue weighted by Crippen LogP contribution is -1.97. The van der Waals surface area contributed by atoms with Crippen molar-refractivity contribution < 1.29 is 9.84 Å². The second-order valence-corrected chi connectivity index (χ2v) is 3.36. The molecule has 0 saturated heterocycles. The van der Waals surface area contributed by atoms with Gasteiger partial charge in [-0.05, 0) is 31.0 Å². The number of rotatable bonds is 5. The Morgan fingerprint density at radius 3 is 2.60 bits per heavy atom. The van der Waals surface area contributed by atoms with Gasteiger partial charge in [-0.2, -0.15) is 5.26 Å². The summed E-state index contributed by atoms with van der Waals surface area (Å²) in [6.45, 7) is 2.28. The van der Waals surface area contributed by atoms with Crippen molar-refractivity contribution in [1.29, 1.82) is 5.26 Å². The molecule has 0 aliphatic carbocycles. The third-order valence-corrected chi connectivity index (χ3v) is 2.06. The maximum atomic E-state index is 9.28. The van der Waals surface area contributed by atoms with E-state index in [-0.39, 0.29) is 0 Å². The van der Waals surface area contributed by atoms with Crippen LogP contribution in [0.1, 0.15) is 31.4 Å². The summed E-state index contributed by atoms with van der Waals surface area (Å²) < 4.78 is 5.41. The molecule has 0 bridgehead atoms. The molecule has 3 heteroatoms. The van der Waals surface area contributed by atoms with Crippen LogP contribution in [-0.4, -0.2) is 11.7 Å². The quantitative estimate of drug-likeness (QED) is 0.751. The number of unbranched alkanes of at least 4 members (excludes halogenated alkanes) is 1. The van der Waals surface area contributed by atoms with Crippen LogP contribution >= 0.6 is 0 Å². The van der Waals surface area contributed by atoms with Gasteiger partial charge < -0.3 is 9.84 Å². The lowest BCUT2D eigenvalue weighted by atomic mass is 10.1. The van der Waals surface area contributed by atoms with Crippen molar-refractivity contribution in [2.24, 2.45) is 0 Å². The number of aliphatic hydroxyl groups is 1. The highest BCUT2D eigenvalue weighted by atomic mass is 16.5. The van der Waals surface area contributed by atoms with Crippen LogP contribution in [0.5, 0.6) is 5.75 Å². The molecule has 80 valence electrons. The average molecular weight is 205 g/mol. The van der Waals surface area contributed by atoms with Crippen LogP contribution in [0.2, 0.25) is 0 Å². The van der Waals surface area contributed by atoms with Crippen molar-refractivity contribution in [3.63, 3.8) is 0 Å². The number of nitrogens with zero attached hydrogens (tertiary/aromatic N) is 1. The van der Waals surface area contributed by atoms with E-state index in [4.69, 9.17) is 10.00 Å². The van der Waals surface area contributed by atoms with Crippen LogP contribution in [0, 0.1) is 11.3 Å². The van der Waals surface area contributed by atoms with Crippen molar-refractivity contribution in [2.75, 3.05) is 6.61 Å². The monoisotopic (exact) mass is 205 g/mol.